The zero-order valence-corrected chi connectivity index (χ0v) is 13.2. The molecule has 0 aromatic heterocycles. The van der Waals surface area contributed by atoms with E-state index in [-0.39, 0.29) is 0 Å². The molecule has 2 aromatic rings. The fraction of sp³-hybridized carbons (Fsp3) is 0.333. The van der Waals surface area contributed by atoms with Gasteiger partial charge < -0.3 is 19.5 Å². The second-order valence-electron chi connectivity index (χ2n) is 4.78. The lowest BCUT2D eigenvalue weighted by atomic mass is 10.2. The molecular formula is C18H23NO3. The minimum absolute atomic E-state index is 0.570. The third kappa shape index (κ3) is 5.30. The molecule has 0 unspecified atom stereocenters. The minimum atomic E-state index is 0.570. The van der Waals surface area contributed by atoms with E-state index in [0.29, 0.717) is 19.8 Å². The summed E-state index contributed by atoms with van der Waals surface area (Å²) in [5.41, 5.74) is 2.19. The first-order chi connectivity index (χ1) is 10.8. The van der Waals surface area contributed by atoms with E-state index in [1.165, 1.54) is 0 Å². The van der Waals surface area contributed by atoms with Crippen LogP contribution in [0.1, 0.15) is 12.5 Å². The van der Waals surface area contributed by atoms with Gasteiger partial charge in [-0.2, -0.15) is 0 Å². The maximum absolute atomic E-state index is 5.66. The number of ether oxygens (including phenoxy) is 3. The molecule has 0 radical (unpaired) electrons. The monoisotopic (exact) mass is 301 g/mol. The topological polar surface area (TPSA) is 39.7 Å². The van der Waals surface area contributed by atoms with Crippen LogP contribution in [-0.4, -0.2) is 26.9 Å². The summed E-state index contributed by atoms with van der Waals surface area (Å²) in [7, 11) is 1.67. The lowest BCUT2D eigenvalue weighted by Gasteiger charge is -2.10. The Balaban J connectivity index is 1.87. The zero-order chi connectivity index (χ0) is 15.6. The molecule has 0 saturated carbocycles. The molecule has 0 fully saturated rings. The van der Waals surface area contributed by atoms with E-state index >= 15 is 0 Å². The highest BCUT2D eigenvalue weighted by Crippen LogP contribution is 2.19. The van der Waals surface area contributed by atoms with E-state index in [9.17, 15) is 0 Å². The normalized spacial score (nSPS) is 10.3. The maximum atomic E-state index is 5.66. The number of hydrogen-bond donors (Lipinski definition) is 1. The highest BCUT2D eigenvalue weighted by molar-refractivity contribution is 5.48. The fourth-order valence-corrected chi connectivity index (χ4v) is 2.05. The Morgan fingerprint density at radius 2 is 1.77 bits per heavy atom. The number of nitrogens with one attached hydrogen (secondary N) is 1. The third-order valence-corrected chi connectivity index (χ3v) is 3.17. The number of benzene rings is 2. The predicted octanol–water partition coefficient (Wildman–Crippen LogP) is 3.72. The molecule has 0 bridgehead atoms. The number of rotatable bonds is 9. The van der Waals surface area contributed by atoms with Gasteiger partial charge in [0.1, 0.15) is 18.1 Å². The Morgan fingerprint density at radius 1 is 0.955 bits per heavy atom. The quantitative estimate of drug-likeness (QED) is 0.717. The van der Waals surface area contributed by atoms with E-state index in [1.54, 1.807) is 7.11 Å². The van der Waals surface area contributed by atoms with Crippen molar-refractivity contribution >= 4 is 5.69 Å². The number of methoxy groups -OCH3 is 1. The molecular weight excluding hydrogens is 278 g/mol. The Bertz CT molecular complexity index is 572. The van der Waals surface area contributed by atoms with Gasteiger partial charge in [0.25, 0.3) is 0 Å². The van der Waals surface area contributed by atoms with E-state index in [2.05, 4.69) is 11.4 Å². The van der Waals surface area contributed by atoms with Crippen molar-refractivity contribution in [2.75, 3.05) is 32.2 Å². The summed E-state index contributed by atoms with van der Waals surface area (Å²) in [5, 5.41) is 3.38. The van der Waals surface area contributed by atoms with Crippen molar-refractivity contribution < 1.29 is 14.2 Å². The van der Waals surface area contributed by atoms with Crippen molar-refractivity contribution in [3.63, 3.8) is 0 Å². The van der Waals surface area contributed by atoms with Crippen LogP contribution in [0.25, 0.3) is 0 Å². The molecule has 0 saturated heterocycles. The Kier molecular flexibility index (Phi) is 6.58. The average Bonchev–Trinajstić information content (AvgIpc) is 2.57. The van der Waals surface area contributed by atoms with Crippen molar-refractivity contribution in [1.82, 2.24) is 0 Å². The Hall–Kier alpha value is -2.20. The summed E-state index contributed by atoms with van der Waals surface area (Å²) < 4.78 is 16.1. The lowest BCUT2D eigenvalue weighted by Crippen LogP contribution is -2.06. The lowest BCUT2D eigenvalue weighted by molar-refractivity contribution is 0.110. The van der Waals surface area contributed by atoms with Crippen LogP contribution in [0, 0.1) is 0 Å². The smallest absolute Gasteiger partial charge is 0.120 e. The van der Waals surface area contributed by atoms with Gasteiger partial charge >= 0.3 is 0 Å². The van der Waals surface area contributed by atoms with Crippen molar-refractivity contribution in [3.8, 4) is 11.5 Å². The molecule has 0 heterocycles. The molecule has 118 valence electrons. The largest absolute Gasteiger partial charge is 0.497 e. The first-order valence-corrected chi connectivity index (χ1v) is 7.49. The van der Waals surface area contributed by atoms with Crippen LogP contribution in [0.4, 0.5) is 5.69 Å². The van der Waals surface area contributed by atoms with Gasteiger partial charge in [0.15, 0.2) is 0 Å². The minimum Gasteiger partial charge on any atom is -0.497 e. The van der Waals surface area contributed by atoms with Crippen molar-refractivity contribution in [2.45, 2.75) is 13.5 Å². The first-order valence-electron chi connectivity index (χ1n) is 7.49. The van der Waals surface area contributed by atoms with Crippen LogP contribution in [0.5, 0.6) is 11.5 Å². The molecule has 2 rings (SSSR count). The molecule has 0 aliphatic heterocycles. The van der Waals surface area contributed by atoms with Gasteiger partial charge in [-0.15, -0.1) is 0 Å². The Morgan fingerprint density at radius 3 is 2.59 bits per heavy atom. The van der Waals surface area contributed by atoms with Gasteiger partial charge in [0, 0.05) is 24.9 Å². The summed E-state index contributed by atoms with van der Waals surface area (Å²) in [5.74, 6) is 1.71. The van der Waals surface area contributed by atoms with Crippen molar-refractivity contribution in [3.05, 3.63) is 54.1 Å². The molecule has 4 heteroatoms. The molecule has 22 heavy (non-hydrogen) atoms. The standard InChI is InChI=1S/C18H23NO3/c1-3-21-10-11-22-18-9-4-6-15(12-18)14-19-16-7-5-8-17(13-16)20-2/h4-9,12-13,19H,3,10-11,14H2,1-2H3. The van der Waals surface area contributed by atoms with Gasteiger partial charge in [0.05, 0.1) is 13.7 Å². The first kappa shape index (κ1) is 16.2. The predicted molar refractivity (Wildman–Crippen MR) is 88.8 cm³/mol. The van der Waals surface area contributed by atoms with Crippen molar-refractivity contribution in [2.24, 2.45) is 0 Å². The second-order valence-corrected chi connectivity index (χ2v) is 4.78. The fourth-order valence-electron chi connectivity index (χ4n) is 2.05. The SMILES string of the molecule is CCOCCOc1cccc(CNc2cccc(OC)c2)c1. The molecule has 0 aliphatic rings. The summed E-state index contributed by atoms with van der Waals surface area (Å²) in [6.45, 7) is 4.61. The Labute approximate surface area is 132 Å². The van der Waals surface area contributed by atoms with E-state index in [1.807, 2.05) is 49.4 Å². The van der Waals surface area contributed by atoms with Crippen LogP contribution >= 0.6 is 0 Å². The summed E-state index contributed by atoms with van der Waals surface area (Å²) in [4.78, 5) is 0. The third-order valence-electron chi connectivity index (χ3n) is 3.17. The highest BCUT2D eigenvalue weighted by Gasteiger charge is 1.99. The van der Waals surface area contributed by atoms with E-state index in [4.69, 9.17) is 14.2 Å². The molecule has 1 N–H and O–H groups in total. The van der Waals surface area contributed by atoms with Gasteiger partial charge in [-0.1, -0.05) is 18.2 Å². The maximum Gasteiger partial charge on any atom is 0.120 e. The summed E-state index contributed by atoms with van der Waals surface area (Å²) in [6, 6.07) is 16.0. The molecule has 0 aliphatic carbocycles. The van der Waals surface area contributed by atoms with Gasteiger partial charge in [-0.3, -0.25) is 0 Å². The summed E-state index contributed by atoms with van der Waals surface area (Å²) >= 11 is 0. The molecule has 0 amide bonds. The van der Waals surface area contributed by atoms with Crippen molar-refractivity contribution in [1.29, 1.82) is 0 Å². The summed E-state index contributed by atoms with van der Waals surface area (Å²) in [6.07, 6.45) is 0. The number of anilines is 1. The number of hydrogen-bond acceptors (Lipinski definition) is 4. The van der Waals surface area contributed by atoms with Crippen LogP contribution in [0.3, 0.4) is 0 Å². The average molecular weight is 301 g/mol. The second kappa shape index (κ2) is 8.95. The van der Waals surface area contributed by atoms with Gasteiger partial charge in [-0.05, 0) is 36.8 Å². The van der Waals surface area contributed by atoms with Gasteiger partial charge in [-0.25, -0.2) is 0 Å². The van der Waals surface area contributed by atoms with Crippen LogP contribution in [0.15, 0.2) is 48.5 Å². The highest BCUT2D eigenvalue weighted by atomic mass is 16.5. The van der Waals surface area contributed by atoms with Crippen LogP contribution < -0.4 is 14.8 Å². The van der Waals surface area contributed by atoms with Gasteiger partial charge in [0.2, 0.25) is 0 Å². The molecule has 0 spiro atoms. The van der Waals surface area contributed by atoms with E-state index in [0.717, 1.165) is 29.3 Å². The van der Waals surface area contributed by atoms with E-state index < -0.39 is 0 Å². The molecule has 2 aromatic carbocycles. The zero-order valence-electron chi connectivity index (χ0n) is 13.2. The van der Waals surface area contributed by atoms with Crippen LogP contribution in [0.2, 0.25) is 0 Å². The van der Waals surface area contributed by atoms with Crippen LogP contribution in [-0.2, 0) is 11.3 Å². The molecule has 4 nitrogen and oxygen atoms in total. The molecule has 0 atom stereocenters.